The molecule has 7 nitrogen and oxygen atoms in total. The van der Waals surface area contributed by atoms with Crippen molar-refractivity contribution < 1.29 is 18.0 Å². The third-order valence-electron chi connectivity index (χ3n) is 7.60. The Morgan fingerprint density at radius 2 is 1.54 bits per heavy atom. The number of nitrogens with one attached hydrogen (secondary N) is 1. The number of carbonyl (C=O) groups is 2. The number of anilines is 1. The van der Waals surface area contributed by atoms with Gasteiger partial charge in [0.1, 0.15) is 12.6 Å². The Labute approximate surface area is 289 Å². The summed E-state index contributed by atoms with van der Waals surface area (Å²) in [5.74, 6) is -0.924. The highest BCUT2D eigenvalue weighted by molar-refractivity contribution is 9.10. The van der Waals surface area contributed by atoms with Gasteiger partial charge in [0.2, 0.25) is 11.8 Å². The van der Waals surface area contributed by atoms with Crippen molar-refractivity contribution in [3.63, 3.8) is 0 Å². The smallest absolute Gasteiger partial charge is 0.264 e. The molecule has 0 saturated carbocycles. The molecule has 11 heteroatoms. The van der Waals surface area contributed by atoms with Gasteiger partial charge in [-0.2, -0.15) is 0 Å². The van der Waals surface area contributed by atoms with E-state index >= 15 is 0 Å². The van der Waals surface area contributed by atoms with Crippen LogP contribution >= 0.6 is 39.1 Å². The van der Waals surface area contributed by atoms with Gasteiger partial charge in [0.15, 0.2) is 0 Å². The highest BCUT2D eigenvalue weighted by Crippen LogP contribution is 2.33. The molecule has 0 aliphatic rings. The second kappa shape index (κ2) is 16.0. The van der Waals surface area contributed by atoms with E-state index in [0.717, 1.165) is 25.5 Å². The van der Waals surface area contributed by atoms with E-state index in [1.54, 1.807) is 18.2 Å². The number of carbonyl (C=O) groups excluding carboxylic acids is 2. The van der Waals surface area contributed by atoms with Crippen molar-refractivity contribution in [3.05, 3.63) is 128 Å². The molecule has 4 aromatic carbocycles. The lowest BCUT2D eigenvalue weighted by molar-refractivity contribution is -0.140. The van der Waals surface area contributed by atoms with E-state index in [1.807, 2.05) is 75.4 Å². The number of aryl methyl sites for hydroxylation is 1. The second-order valence-corrected chi connectivity index (χ2v) is 14.7. The first-order chi connectivity index (χ1) is 21.9. The third-order valence-corrected chi connectivity index (χ3v) is 10.5. The Kier molecular flexibility index (Phi) is 12.3. The number of hydrogen-bond donors (Lipinski definition) is 1. The van der Waals surface area contributed by atoms with Gasteiger partial charge < -0.3 is 10.2 Å². The quantitative estimate of drug-likeness (QED) is 0.151. The highest BCUT2D eigenvalue weighted by Gasteiger charge is 2.35. The van der Waals surface area contributed by atoms with Crippen molar-refractivity contribution in [2.75, 3.05) is 10.8 Å². The van der Waals surface area contributed by atoms with Crippen LogP contribution in [0.15, 0.2) is 106 Å². The number of sulfonamides is 1. The Balaban J connectivity index is 1.83. The third kappa shape index (κ3) is 9.12. The minimum atomic E-state index is -4.31. The fourth-order valence-electron chi connectivity index (χ4n) is 4.81. The van der Waals surface area contributed by atoms with E-state index in [-0.39, 0.29) is 45.5 Å². The maximum absolute atomic E-state index is 14.6. The van der Waals surface area contributed by atoms with E-state index < -0.39 is 28.5 Å². The number of rotatable bonds is 13. The molecule has 0 aliphatic heterocycles. The molecule has 2 amide bonds. The zero-order valence-corrected chi connectivity index (χ0v) is 29.7. The molecule has 46 heavy (non-hydrogen) atoms. The van der Waals surface area contributed by atoms with Crippen molar-refractivity contribution >= 4 is 66.7 Å². The van der Waals surface area contributed by atoms with Crippen LogP contribution in [0, 0.1) is 6.92 Å². The number of amides is 2. The number of nitrogens with zero attached hydrogens (tertiary/aromatic N) is 2. The van der Waals surface area contributed by atoms with Crippen molar-refractivity contribution in [2.24, 2.45) is 0 Å². The Morgan fingerprint density at radius 3 is 2.17 bits per heavy atom. The SMILES string of the molecule is CCC(C)NC(=O)C(Cc1ccccc1)N(Cc1ccc(Br)cc1)C(=O)CN(c1cc(Cl)ccc1Cl)S(=O)(=O)c1ccc(C)cc1. The predicted molar refractivity (Wildman–Crippen MR) is 189 cm³/mol. The van der Waals surface area contributed by atoms with Gasteiger partial charge in [-0.25, -0.2) is 8.42 Å². The summed E-state index contributed by atoms with van der Waals surface area (Å²) in [4.78, 5) is 29.9. The van der Waals surface area contributed by atoms with Crippen LogP contribution in [0.1, 0.15) is 37.0 Å². The zero-order valence-electron chi connectivity index (χ0n) is 25.8. The second-order valence-electron chi connectivity index (χ2n) is 11.1. The molecule has 0 heterocycles. The lowest BCUT2D eigenvalue weighted by atomic mass is 10.0. The minimum absolute atomic E-state index is 0.0169. The van der Waals surface area contributed by atoms with Crippen LogP contribution in [0.3, 0.4) is 0 Å². The van der Waals surface area contributed by atoms with Crippen molar-refractivity contribution in [1.82, 2.24) is 10.2 Å². The van der Waals surface area contributed by atoms with Crippen molar-refractivity contribution in [3.8, 4) is 0 Å². The van der Waals surface area contributed by atoms with Crippen LogP contribution in [-0.4, -0.2) is 43.8 Å². The summed E-state index contributed by atoms with van der Waals surface area (Å²) in [5.41, 5.74) is 2.54. The van der Waals surface area contributed by atoms with Crippen LogP contribution in [0.4, 0.5) is 5.69 Å². The Bertz CT molecular complexity index is 1760. The Hall–Kier alpha value is -3.37. The molecule has 4 aromatic rings. The molecular weight excluding hydrogens is 709 g/mol. The van der Waals surface area contributed by atoms with Gasteiger partial charge in [-0.1, -0.05) is 106 Å². The van der Waals surface area contributed by atoms with Crippen LogP contribution in [0.5, 0.6) is 0 Å². The topological polar surface area (TPSA) is 86.8 Å². The summed E-state index contributed by atoms with van der Waals surface area (Å²) in [6.45, 7) is 5.14. The normalized spacial score (nSPS) is 12.7. The van der Waals surface area contributed by atoms with Gasteiger partial charge in [-0.05, 0) is 73.9 Å². The monoisotopic (exact) mass is 743 g/mol. The van der Waals surface area contributed by atoms with Crippen LogP contribution in [-0.2, 0) is 32.6 Å². The average Bonchev–Trinajstić information content (AvgIpc) is 3.04. The molecule has 0 aliphatic carbocycles. The molecule has 0 radical (unpaired) electrons. The molecular formula is C35H36BrCl2N3O4S. The molecule has 0 bridgehead atoms. The first-order valence-electron chi connectivity index (χ1n) is 14.8. The van der Waals surface area contributed by atoms with Crippen molar-refractivity contribution in [1.29, 1.82) is 0 Å². The Morgan fingerprint density at radius 1 is 0.891 bits per heavy atom. The van der Waals surface area contributed by atoms with Crippen LogP contribution in [0.2, 0.25) is 10.0 Å². The molecule has 0 saturated heterocycles. The van der Waals surface area contributed by atoms with E-state index in [2.05, 4.69) is 21.2 Å². The first-order valence-corrected chi connectivity index (χ1v) is 17.8. The van der Waals surface area contributed by atoms with E-state index in [1.165, 1.54) is 29.2 Å². The van der Waals surface area contributed by atoms with Gasteiger partial charge in [0.05, 0.1) is 15.6 Å². The lowest BCUT2D eigenvalue weighted by Crippen LogP contribution is -2.54. The number of hydrogen-bond acceptors (Lipinski definition) is 4. The van der Waals surface area contributed by atoms with Gasteiger partial charge in [-0.15, -0.1) is 0 Å². The molecule has 242 valence electrons. The van der Waals surface area contributed by atoms with Gasteiger partial charge in [0, 0.05) is 28.5 Å². The minimum Gasteiger partial charge on any atom is -0.352 e. The lowest BCUT2D eigenvalue weighted by Gasteiger charge is -2.34. The van der Waals surface area contributed by atoms with Gasteiger partial charge in [-0.3, -0.25) is 13.9 Å². The van der Waals surface area contributed by atoms with Gasteiger partial charge in [0.25, 0.3) is 10.0 Å². The molecule has 2 atom stereocenters. The van der Waals surface area contributed by atoms with Crippen LogP contribution < -0.4 is 9.62 Å². The number of benzene rings is 4. The summed E-state index contributed by atoms with van der Waals surface area (Å²) < 4.78 is 30.2. The maximum Gasteiger partial charge on any atom is 0.264 e. The highest BCUT2D eigenvalue weighted by atomic mass is 79.9. The summed E-state index contributed by atoms with van der Waals surface area (Å²) in [6, 6.07) is 26.5. The van der Waals surface area contributed by atoms with E-state index in [0.29, 0.717) is 6.42 Å². The fraction of sp³-hybridized carbons (Fsp3) is 0.257. The zero-order chi connectivity index (χ0) is 33.4. The first kappa shape index (κ1) is 35.5. The summed E-state index contributed by atoms with van der Waals surface area (Å²) >= 11 is 16.3. The fourth-order valence-corrected chi connectivity index (χ4v) is 6.93. The predicted octanol–water partition coefficient (Wildman–Crippen LogP) is 7.81. The molecule has 2 unspecified atom stereocenters. The summed E-state index contributed by atoms with van der Waals surface area (Å²) in [5, 5.41) is 3.38. The number of halogens is 3. The van der Waals surface area contributed by atoms with E-state index in [9.17, 15) is 18.0 Å². The largest absolute Gasteiger partial charge is 0.352 e. The van der Waals surface area contributed by atoms with Gasteiger partial charge >= 0.3 is 0 Å². The molecule has 0 aromatic heterocycles. The molecule has 1 N–H and O–H groups in total. The molecule has 0 fully saturated rings. The van der Waals surface area contributed by atoms with Crippen LogP contribution in [0.25, 0.3) is 0 Å². The standard InChI is InChI=1S/C35H36BrCl2N3O4S/c1-4-25(3)39-35(43)33(20-26-8-6-5-7-9-26)40(22-27-12-14-28(36)15-13-27)34(42)23-41(32-21-29(37)16-19-31(32)38)46(44,45)30-17-10-24(2)11-18-30/h5-19,21,25,33H,4,20,22-23H2,1-3H3,(H,39,43). The summed E-state index contributed by atoms with van der Waals surface area (Å²) in [7, 11) is -4.31. The average molecular weight is 746 g/mol. The van der Waals surface area contributed by atoms with E-state index in [4.69, 9.17) is 23.2 Å². The maximum atomic E-state index is 14.6. The van der Waals surface area contributed by atoms with Crippen molar-refractivity contribution in [2.45, 2.75) is 57.1 Å². The molecule has 4 rings (SSSR count). The summed E-state index contributed by atoms with van der Waals surface area (Å²) in [6.07, 6.45) is 0.911. The molecule has 0 spiro atoms.